The molecule has 0 bridgehead atoms. The highest BCUT2D eigenvalue weighted by atomic mass is 32.2. The van der Waals surface area contributed by atoms with Crippen LogP contribution < -0.4 is 20.7 Å². The molecule has 1 saturated carbocycles. The summed E-state index contributed by atoms with van der Waals surface area (Å²) in [7, 11) is -1.97. The Morgan fingerprint density at radius 3 is 2.55 bits per heavy atom. The number of alkyl halides is 3. The number of ether oxygens (including phenoxy) is 1. The molecule has 0 atom stereocenters. The molecule has 5 rings (SSSR count). The van der Waals surface area contributed by atoms with Crippen LogP contribution in [0.1, 0.15) is 36.1 Å². The second-order valence-corrected chi connectivity index (χ2v) is 13.8. The lowest BCUT2D eigenvalue weighted by Crippen LogP contribution is -2.52. The number of methoxy groups -OCH3 is 1. The average molecular weight is 592 g/mol. The lowest BCUT2D eigenvalue weighted by atomic mass is 9.60. The van der Waals surface area contributed by atoms with E-state index in [0.717, 1.165) is 55.4 Å². The number of thiophene rings is 1. The zero-order valence-corrected chi connectivity index (χ0v) is 24.0. The number of nitrogens with one attached hydrogen (secondary N) is 1. The Bertz CT molecular complexity index is 1570. The van der Waals surface area contributed by atoms with Crippen LogP contribution in [0.25, 0.3) is 10.1 Å². The molecular weight excluding hydrogens is 559 g/mol. The topological polar surface area (TPSA) is 84.7 Å². The molecule has 2 aromatic carbocycles. The average Bonchev–Trinajstić information content (AvgIpc) is 3.21. The van der Waals surface area contributed by atoms with Crippen LogP contribution in [0.5, 0.6) is 5.75 Å². The molecule has 1 aromatic heterocycles. The number of rotatable bonds is 6. The van der Waals surface area contributed by atoms with Crippen molar-refractivity contribution in [1.82, 2.24) is 0 Å². The van der Waals surface area contributed by atoms with Crippen LogP contribution in [0.4, 0.5) is 24.5 Å². The van der Waals surface area contributed by atoms with Crippen LogP contribution in [0, 0.1) is 17.3 Å². The summed E-state index contributed by atoms with van der Waals surface area (Å²) in [5.41, 5.74) is 8.08. The summed E-state index contributed by atoms with van der Waals surface area (Å²) < 4.78 is 70.7. The first kappa shape index (κ1) is 28.6. The number of sulfone groups is 1. The minimum absolute atomic E-state index is 0.124. The van der Waals surface area contributed by atoms with Gasteiger partial charge in [-0.25, -0.2) is 8.42 Å². The van der Waals surface area contributed by atoms with Crippen molar-refractivity contribution in [2.75, 3.05) is 43.2 Å². The summed E-state index contributed by atoms with van der Waals surface area (Å²) in [5, 5.41) is 3.67. The van der Waals surface area contributed by atoms with Crippen molar-refractivity contribution >= 4 is 42.6 Å². The Hall–Kier alpha value is -2.94. The minimum Gasteiger partial charge on any atom is -0.495 e. The first-order valence-electron chi connectivity index (χ1n) is 13.1. The highest BCUT2D eigenvalue weighted by Gasteiger charge is 2.44. The molecule has 2 aliphatic rings. The number of fused-ring (bicyclic) bond motifs is 1. The summed E-state index contributed by atoms with van der Waals surface area (Å²) in [6, 6.07) is 10.3. The van der Waals surface area contributed by atoms with Gasteiger partial charge in [0.1, 0.15) is 5.75 Å². The van der Waals surface area contributed by atoms with Gasteiger partial charge in [0.2, 0.25) is 0 Å². The molecule has 0 unspecified atom stereocenters. The van der Waals surface area contributed by atoms with Crippen LogP contribution in [-0.2, 0) is 16.3 Å². The van der Waals surface area contributed by atoms with E-state index in [-0.39, 0.29) is 17.0 Å². The van der Waals surface area contributed by atoms with E-state index >= 15 is 0 Å². The standard InChI is InChI=1S/C29H32F3N3O3S2/c1-38-25-15-20(40(2,36)37)8-9-23(25)34-12-4-7-26-22(18-29(30,31)32)21-5-3-6-24(27(21)39-26)35-13-10-28(11-14-35)16-19(33)17-28/h3,5-6,8-9,15,19,34H,10-14,16-18,33H2,1-2H3. The minimum atomic E-state index is -4.37. The summed E-state index contributed by atoms with van der Waals surface area (Å²) in [5.74, 6) is 6.25. The van der Waals surface area contributed by atoms with E-state index in [1.165, 1.54) is 30.6 Å². The van der Waals surface area contributed by atoms with Crippen LogP contribution in [0.15, 0.2) is 41.3 Å². The van der Waals surface area contributed by atoms with Crippen LogP contribution in [0.3, 0.4) is 0 Å². The van der Waals surface area contributed by atoms with E-state index < -0.39 is 22.4 Å². The van der Waals surface area contributed by atoms with Gasteiger partial charge in [0, 0.05) is 31.5 Å². The Morgan fingerprint density at radius 1 is 1.20 bits per heavy atom. The van der Waals surface area contributed by atoms with E-state index in [1.807, 2.05) is 12.1 Å². The van der Waals surface area contributed by atoms with Crippen molar-refractivity contribution in [1.29, 1.82) is 0 Å². The molecule has 11 heteroatoms. The largest absolute Gasteiger partial charge is 0.495 e. The van der Waals surface area contributed by atoms with Gasteiger partial charge >= 0.3 is 6.18 Å². The van der Waals surface area contributed by atoms with Gasteiger partial charge in [-0.2, -0.15) is 13.2 Å². The first-order chi connectivity index (χ1) is 18.9. The highest BCUT2D eigenvalue weighted by molar-refractivity contribution is 7.90. The SMILES string of the molecule is COc1cc(S(C)(=O)=O)ccc1NCC#Cc1sc2c(N3CCC4(CC3)CC(N)C4)cccc2c1CC(F)(F)F. The maximum absolute atomic E-state index is 13.6. The molecule has 214 valence electrons. The molecule has 1 aliphatic heterocycles. The van der Waals surface area contributed by atoms with Crippen molar-refractivity contribution in [3.8, 4) is 17.6 Å². The maximum atomic E-state index is 13.6. The molecule has 40 heavy (non-hydrogen) atoms. The molecule has 3 N–H and O–H groups in total. The molecule has 6 nitrogen and oxygen atoms in total. The monoisotopic (exact) mass is 591 g/mol. The van der Waals surface area contributed by atoms with Crippen molar-refractivity contribution < 1.29 is 26.3 Å². The smallest absolute Gasteiger partial charge is 0.393 e. The number of anilines is 2. The molecule has 1 aliphatic carbocycles. The number of hydrogen-bond donors (Lipinski definition) is 2. The predicted molar refractivity (Wildman–Crippen MR) is 154 cm³/mol. The van der Waals surface area contributed by atoms with Crippen molar-refractivity contribution in [3.63, 3.8) is 0 Å². The van der Waals surface area contributed by atoms with Gasteiger partial charge in [0.15, 0.2) is 9.84 Å². The fourth-order valence-electron chi connectivity index (χ4n) is 5.88. The van der Waals surface area contributed by atoms with Gasteiger partial charge in [0.05, 0.1) is 45.9 Å². The lowest BCUT2D eigenvalue weighted by Gasteiger charge is -2.51. The molecule has 0 amide bonds. The second kappa shape index (κ2) is 10.8. The van der Waals surface area contributed by atoms with Crippen LogP contribution in [-0.4, -0.2) is 53.6 Å². The summed E-state index contributed by atoms with van der Waals surface area (Å²) >= 11 is 1.31. The predicted octanol–water partition coefficient (Wildman–Crippen LogP) is 5.59. The third-order valence-electron chi connectivity index (χ3n) is 7.90. The van der Waals surface area contributed by atoms with E-state index in [9.17, 15) is 21.6 Å². The van der Waals surface area contributed by atoms with Gasteiger partial charge in [-0.15, -0.1) is 11.3 Å². The number of nitrogens with zero attached hydrogens (tertiary/aromatic N) is 1. The molecule has 3 aromatic rings. The van der Waals surface area contributed by atoms with Gasteiger partial charge in [-0.1, -0.05) is 24.0 Å². The number of benzene rings is 2. The first-order valence-corrected chi connectivity index (χ1v) is 15.8. The number of piperidine rings is 1. The van der Waals surface area contributed by atoms with Gasteiger partial charge in [-0.3, -0.25) is 0 Å². The number of hydrogen-bond acceptors (Lipinski definition) is 7. The molecule has 1 spiro atoms. The highest BCUT2D eigenvalue weighted by Crippen LogP contribution is 2.50. The third kappa shape index (κ3) is 6.04. The fraction of sp³-hybridized carbons (Fsp3) is 0.448. The van der Waals surface area contributed by atoms with E-state index in [1.54, 1.807) is 12.1 Å². The fourth-order valence-corrected chi connectivity index (χ4v) is 7.75. The van der Waals surface area contributed by atoms with E-state index in [4.69, 9.17) is 10.5 Å². The Morgan fingerprint density at radius 2 is 1.93 bits per heavy atom. The number of nitrogens with two attached hydrogens (primary N) is 1. The number of halogens is 3. The van der Waals surface area contributed by atoms with Crippen molar-refractivity contribution in [2.24, 2.45) is 11.1 Å². The van der Waals surface area contributed by atoms with Crippen molar-refractivity contribution in [2.45, 2.75) is 49.2 Å². The second-order valence-electron chi connectivity index (χ2n) is 10.8. The van der Waals surface area contributed by atoms with Crippen LogP contribution in [0.2, 0.25) is 0 Å². The van der Waals surface area contributed by atoms with Crippen LogP contribution >= 0.6 is 11.3 Å². The maximum Gasteiger partial charge on any atom is 0.393 e. The van der Waals surface area contributed by atoms with Gasteiger partial charge in [0.25, 0.3) is 0 Å². The molecule has 2 heterocycles. The lowest BCUT2D eigenvalue weighted by molar-refractivity contribution is -0.126. The summed E-state index contributed by atoms with van der Waals surface area (Å²) in [6.07, 6.45) is -0.0942. The quantitative estimate of drug-likeness (QED) is 0.364. The van der Waals surface area contributed by atoms with Gasteiger partial charge < -0.3 is 20.7 Å². The Balaban J connectivity index is 1.40. The zero-order valence-electron chi connectivity index (χ0n) is 22.4. The molecule has 1 saturated heterocycles. The Kier molecular flexibility index (Phi) is 7.72. The normalized spacial score (nSPS) is 17.4. The van der Waals surface area contributed by atoms with E-state index in [2.05, 4.69) is 22.1 Å². The van der Waals surface area contributed by atoms with E-state index in [0.29, 0.717) is 33.2 Å². The summed E-state index contributed by atoms with van der Waals surface area (Å²) in [6.45, 7) is 1.87. The molecule has 0 radical (unpaired) electrons. The summed E-state index contributed by atoms with van der Waals surface area (Å²) in [4.78, 5) is 2.81. The van der Waals surface area contributed by atoms with Gasteiger partial charge in [-0.05, 0) is 60.2 Å². The Labute approximate surface area is 236 Å². The van der Waals surface area contributed by atoms with Crippen molar-refractivity contribution in [3.05, 3.63) is 46.8 Å². The molecule has 2 fully saturated rings. The zero-order chi connectivity index (χ0) is 28.7. The third-order valence-corrected chi connectivity index (χ3v) is 10.2. The molecular formula is C29H32F3N3O3S2.